The zero-order valence-corrected chi connectivity index (χ0v) is 11.0. The minimum atomic E-state index is -2.79. The number of ether oxygens (including phenoxy) is 2. The molecule has 2 heterocycles. The lowest BCUT2D eigenvalue weighted by atomic mass is 10.1. The highest BCUT2D eigenvalue weighted by atomic mass is 19.3. The van der Waals surface area contributed by atoms with Crippen LogP contribution in [0.2, 0.25) is 0 Å². The topological polar surface area (TPSA) is 59.6 Å². The van der Waals surface area contributed by atoms with Crippen molar-refractivity contribution in [3.05, 3.63) is 0 Å². The van der Waals surface area contributed by atoms with Crippen LogP contribution in [0.5, 0.6) is 0 Å². The fraction of sp³-hybridized carbons (Fsp3) is 0.917. The normalized spacial score (nSPS) is 31.3. The minimum Gasteiger partial charge on any atom is -0.379 e. The molecule has 2 aliphatic heterocycles. The molecule has 0 bridgehead atoms. The summed E-state index contributed by atoms with van der Waals surface area (Å²) in [6.07, 6.45) is 0.494. The van der Waals surface area contributed by atoms with Crippen LogP contribution >= 0.6 is 0 Å². The van der Waals surface area contributed by atoms with Gasteiger partial charge in [-0.3, -0.25) is 10.1 Å². The van der Waals surface area contributed by atoms with E-state index in [-0.39, 0.29) is 12.1 Å². The minimum absolute atomic E-state index is 0.0771. The van der Waals surface area contributed by atoms with Crippen molar-refractivity contribution in [2.45, 2.75) is 43.9 Å². The summed E-state index contributed by atoms with van der Waals surface area (Å²) < 4.78 is 36.7. The number of nitrogens with one attached hydrogen (secondary N) is 2. The Morgan fingerprint density at radius 3 is 3.00 bits per heavy atom. The summed E-state index contributed by atoms with van der Waals surface area (Å²) in [5.41, 5.74) is 0. The molecule has 2 saturated heterocycles. The average molecular weight is 278 g/mol. The van der Waals surface area contributed by atoms with Crippen LogP contribution in [0.25, 0.3) is 0 Å². The number of amides is 1. The fourth-order valence-corrected chi connectivity index (χ4v) is 2.21. The summed E-state index contributed by atoms with van der Waals surface area (Å²) in [5, 5.41) is 5.21. The molecule has 3 unspecified atom stereocenters. The maximum Gasteiger partial charge on any atom is 0.262 e. The third-order valence-corrected chi connectivity index (χ3v) is 3.28. The van der Waals surface area contributed by atoms with Crippen LogP contribution in [0, 0.1) is 0 Å². The van der Waals surface area contributed by atoms with E-state index < -0.39 is 30.8 Å². The Balaban J connectivity index is 1.67. The quantitative estimate of drug-likeness (QED) is 0.759. The first-order valence-electron chi connectivity index (χ1n) is 6.57. The summed E-state index contributed by atoms with van der Waals surface area (Å²) in [4.78, 5) is 11.8. The molecule has 0 radical (unpaired) electrons. The zero-order valence-electron chi connectivity index (χ0n) is 11.0. The van der Waals surface area contributed by atoms with Gasteiger partial charge >= 0.3 is 0 Å². The molecule has 0 aliphatic carbocycles. The molecule has 2 fully saturated rings. The van der Waals surface area contributed by atoms with Crippen LogP contribution in [0.1, 0.15) is 19.8 Å². The molecule has 2 N–H and O–H groups in total. The van der Waals surface area contributed by atoms with Gasteiger partial charge < -0.3 is 14.8 Å². The first-order chi connectivity index (χ1) is 8.96. The second-order valence-electron chi connectivity index (χ2n) is 5.22. The van der Waals surface area contributed by atoms with Gasteiger partial charge in [-0.2, -0.15) is 0 Å². The van der Waals surface area contributed by atoms with Crippen molar-refractivity contribution in [1.82, 2.24) is 10.6 Å². The molecule has 0 aromatic heterocycles. The molecule has 2 aliphatic rings. The van der Waals surface area contributed by atoms with Crippen molar-refractivity contribution < 1.29 is 23.0 Å². The predicted molar refractivity (Wildman–Crippen MR) is 64.1 cm³/mol. The van der Waals surface area contributed by atoms with Gasteiger partial charge in [0, 0.05) is 19.1 Å². The van der Waals surface area contributed by atoms with E-state index in [2.05, 4.69) is 10.6 Å². The van der Waals surface area contributed by atoms with Crippen molar-refractivity contribution in [3.8, 4) is 0 Å². The Hall–Kier alpha value is -0.790. The summed E-state index contributed by atoms with van der Waals surface area (Å²) in [6.45, 7) is 3.00. The molecule has 3 atom stereocenters. The molecule has 2 rings (SSSR count). The summed E-state index contributed by atoms with van der Waals surface area (Å²) in [6, 6.07) is -1.02. The summed E-state index contributed by atoms with van der Waals surface area (Å²) in [5.74, 6) is -3.18. The van der Waals surface area contributed by atoms with Crippen molar-refractivity contribution in [3.63, 3.8) is 0 Å². The Kier molecular flexibility index (Phi) is 4.70. The first kappa shape index (κ1) is 14.6. The van der Waals surface area contributed by atoms with Gasteiger partial charge in [-0.15, -0.1) is 0 Å². The largest absolute Gasteiger partial charge is 0.379 e. The van der Waals surface area contributed by atoms with Crippen molar-refractivity contribution >= 4 is 5.91 Å². The Labute approximate surface area is 111 Å². The maximum absolute atomic E-state index is 13.0. The molecule has 0 aromatic carbocycles. The van der Waals surface area contributed by atoms with E-state index in [1.165, 1.54) is 0 Å². The van der Waals surface area contributed by atoms with Crippen LogP contribution in [0.15, 0.2) is 0 Å². The zero-order chi connectivity index (χ0) is 13.9. The van der Waals surface area contributed by atoms with Gasteiger partial charge in [0.1, 0.15) is 0 Å². The molecule has 0 aromatic rings. The SMILES string of the molecule is CC(COC1CCOC1)NC(=O)C1CC(F)(F)CN1. The van der Waals surface area contributed by atoms with Crippen LogP contribution in [0.4, 0.5) is 8.78 Å². The molecule has 1 amide bonds. The number of hydrogen-bond acceptors (Lipinski definition) is 4. The molecular weight excluding hydrogens is 258 g/mol. The third kappa shape index (κ3) is 4.36. The summed E-state index contributed by atoms with van der Waals surface area (Å²) >= 11 is 0. The molecule has 19 heavy (non-hydrogen) atoms. The Morgan fingerprint density at radius 1 is 1.63 bits per heavy atom. The van der Waals surface area contributed by atoms with E-state index in [0.717, 1.165) is 6.42 Å². The lowest BCUT2D eigenvalue weighted by Gasteiger charge is -2.19. The number of alkyl halides is 2. The average Bonchev–Trinajstić information content (AvgIpc) is 2.95. The van der Waals surface area contributed by atoms with Gasteiger partial charge in [0.2, 0.25) is 5.91 Å². The van der Waals surface area contributed by atoms with Crippen LogP contribution in [-0.4, -0.2) is 56.4 Å². The van der Waals surface area contributed by atoms with E-state index in [4.69, 9.17) is 9.47 Å². The number of halogens is 2. The standard InChI is InChI=1S/C12H20F2N2O3/c1-8(5-19-9-2-3-18-6-9)16-11(17)10-4-12(13,14)7-15-10/h8-10,15H,2-7H2,1H3,(H,16,17). The highest BCUT2D eigenvalue weighted by Gasteiger charge is 2.42. The second-order valence-corrected chi connectivity index (χ2v) is 5.22. The van der Waals surface area contributed by atoms with Crippen LogP contribution in [0.3, 0.4) is 0 Å². The van der Waals surface area contributed by atoms with Gasteiger partial charge in [-0.1, -0.05) is 0 Å². The van der Waals surface area contributed by atoms with E-state index in [0.29, 0.717) is 19.8 Å². The number of hydrogen-bond donors (Lipinski definition) is 2. The van der Waals surface area contributed by atoms with Crippen LogP contribution in [-0.2, 0) is 14.3 Å². The lowest BCUT2D eigenvalue weighted by Crippen LogP contribution is -2.46. The highest BCUT2D eigenvalue weighted by molar-refractivity contribution is 5.82. The Bertz CT molecular complexity index is 322. The van der Waals surface area contributed by atoms with Gasteiger partial charge in [-0.05, 0) is 13.3 Å². The van der Waals surface area contributed by atoms with E-state index in [9.17, 15) is 13.6 Å². The van der Waals surface area contributed by atoms with Gasteiger partial charge in [0.15, 0.2) is 0 Å². The maximum atomic E-state index is 13.0. The molecular formula is C12H20F2N2O3. The molecule has 110 valence electrons. The first-order valence-corrected chi connectivity index (χ1v) is 6.57. The van der Waals surface area contributed by atoms with E-state index >= 15 is 0 Å². The Morgan fingerprint density at radius 2 is 2.42 bits per heavy atom. The monoisotopic (exact) mass is 278 g/mol. The molecule has 5 nitrogen and oxygen atoms in total. The second kappa shape index (κ2) is 6.11. The third-order valence-electron chi connectivity index (χ3n) is 3.28. The van der Waals surface area contributed by atoms with Crippen molar-refractivity contribution in [1.29, 1.82) is 0 Å². The van der Waals surface area contributed by atoms with Crippen molar-refractivity contribution in [2.24, 2.45) is 0 Å². The van der Waals surface area contributed by atoms with Crippen molar-refractivity contribution in [2.75, 3.05) is 26.4 Å². The smallest absolute Gasteiger partial charge is 0.262 e. The van der Waals surface area contributed by atoms with Gasteiger partial charge in [-0.25, -0.2) is 8.78 Å². The van der Waals surface area contributed by atoms with Gasteiger partial charge in [0.05, 0.1) is 31.9 Å². The number of carbonyl (C=O) groups is 1. The lowest BCUT2D eigenvalue weighted by molar-refractivity contribution is -0.124. The molecule has 0 spiro atoms. The number of carbonyl (C=O) groups excluding carboxylic acids is 1. The van der Waals surface area contributed by atoms with E-state index in [1.54, 1.807) is 6.92 Å². The fourth-order valence-electron chi connectivity index (χ4n) is 2.21. The highest BCUT2D eigenvalue weighted by Crippen LogP contribution is 2.25. The summed E-state index contributed by atoms with van der Waals surface area (Å²) in [7, 11) is 0. The molecule has 0 saturated carbocycles. The number of rotatable bonds is 5. The predicted octanol–water partition coefficient (Wildman–Crippen LogP) is 0.294. The van der Waals surface area contributed by atoms with E-state index in [1.807, 2.05) is 0 Å². The van der Waals surface area contributed by atoms with Gasteiger partial charge in [0.25, 0.3) is 5.92 Å². The molecule has 7 heteroatoms. The van der Waals surface area contributed by atoms with Crippen LogP contribution < -0.4 is 10.6 Å².